The summed E-state index contributed by atoms with van der Waals surface area (Å²) in [5.74, 6) is -0.619. The molecule has 0 bridgehead atoms. The number of benzene rings is 3. The Kier molecular flexibility index (Phi) is 8.74. The van der Waals surface area contributed by atoms with Gasteiger partial charge in [-0.25, -0.2) is 4.39 Å². The number of allylic oxidation sites excluding steroid dienone is 2. The van der Waals surface area contributed by atoms with Crippen molar-refractivity contribution in [3.8, 4) is 16.9 Å². The van der Waals surface area contributed by atoms with Crippen molar-refractivity contribution in [1.29, 1.82) is 0 Å². The van der Waals surface area contributed by atoms with Gasteiger partial charge in [-0.3, -0.25) is 0 Å². The molecule has 0 aliphatic heterocycles. The van der Waals surface area contributed by atoms with E-state index in [-0.39, 0.29) is 11.3 Å². The Balaban J connectivity index is 1.28. The summed E-state index contributed by atoms with van der Waals surface area (Å²) in [5, 5.41) is 0. The molecule has 3 heteroatoms. The minimum absolute atomic E-state index is 0.0400. The van der Waals surface area contributed by atoms with E-state index in [0.717, 1.165) is 19.3 Å². The molecule has 0 atom stereocenters. The molecular weight excluding hydrogens is 438 g/mol. The van der Waals surface area contributed by atoms with Gasteiger partial charge in [0.2, 0.25) is 5.82 Å². The summed E-state index contributed by atoms with van der Waals surface area (Å²) >= 11 is 0. The largest absolute Gasteiger partial charge is 0.491 e. The van der Waals surface area contributed by atoms with Crippen LogP contribution in [-0.2, 0) is 12.8 Å². The molecule has 3 aromatic carbocycles. The molecule has 0 radical (unpaired) electrons. The number of halogens is 2. The molecule has 0 N–H and O–H groups in total. The van der Waals surface area contributed by atoms with Gasteiger partial charge in [0.25, 0.3) is 0 Å². The summed E-state index contributed by atoms with van der Waals surface area (Å²) in [5.41, 5.74) is 5.06. The van der Waals surface area contributed by atoms with Crippen LogP contribution in [0.4, 0.5) is 8.78 Å². The van der Waals surface area contributed by atoms with Crippen LogP contribution >= 0.6 is 0 Å². The van der Waals surface area contributed by atoms with E-state index < -0.39 is 11.6 Å². The highest BCUT2D eigenvalue weighted by Gasteiger charge is 2.21. The van der Waals surface area contributed by atoms with Crippen LogP contribution in [0, 0.1) is 17.6 Å². The Morgan fingerprint density at radius 3 is 2.14 bits per heavy atom. The highest BCUT2D eigenvalue weighted by atomic mass is 19.2. The molecule has 3 aromatic rings. The van der Waals surface area contributed by atoms with Crippen LogP contribution in [0.2, 0.25) is 0 Å². The second-order valence-corrected chi connectivity index (χ2v) is 9.54. The number of rotatable bonds is 9. The van der Waals surface area contributed by atoms with Crippen molar-refractivity contribution < 1.29 is 13.5 Å². The normalized spacial score (nSPS) is 18.2. The molecule has 0 aromatic heterocycles. The first-order valence-corrected chi connectivity index (χ1v) is 13.0. The third kappa shape index (κ3) is 6.39. The van der Waals surface area contributed by atoms with Gasteiger partial charge >= 0.3 is 0 Å². The van der Waals surface area contributed by atoms with Crippen LogP contribution in [0.1, 0.15) is 68.6 Å². The van der Waals surface area contributed by atoms with E-state index >= 15 is 0 Å². The predicted octanol–water partition coefficient (Wildman–Crippen LogP) is 9.06. The van der Waals surface area contributed by atoms with E-state index in [4.69, 9.17) is 4.74 Å². The lowest BCUT2D eigenvalue weighted by atomic mass is 9.78. The monoisotopic (exact) mass is 474 g/mol. The maximum atomic E-state index is 14.6. The van der Waals surface area contributed by atoms with Crippen molar-refractivity contribution in [3.63, 3.8) is 0 Å². The van der Waals surface area contributed by atoms with Crippen LogP contribution < -0.4 is 4.74 Å². The first-order valence-electron chi connectivity index (χ1n) is 13.0. The second-order valence-electron chi connectivity index (χ2n) is 9.54. The molecule has 1 aliphatic carbocycles. The van der Waals surface area contributed by atoms with Crippen molar-refractivity contribution in [3.05, 3.63) is 101 Å². The number of hydrogen-bond acceptors (Lipinski definition) is 1. The van der Waals surface area contributed by atoms with E-state index in [1.807, 2.05) is 12.1 Å². The van der Waals surface area contributed by atoms with Gasteiger partial charge in [0.05, 0.1) is 6.61 Å². The van der Waals surface area contributed by atoms with Crippen LogP contribution in [0.3, 0.4) is 0 Å². The third-order valence-electron chi connectivity index (χ3n) is 7.25. The molecule has 0 spiro atoms. The Morgan fingerprint density at radius 2 is 1.49 bits per heavy atom. The molecular formula is C32H36F2O. The zero-order chi connectivity index (χ0) is 24.6. The number of ether oxygens (including phenoxy) is 1. The van der Waals surface area contributed by atoms with Gasteiger partial charge in [-0.05, 0) is 98.1 Å². The first-order chi connectivity index (χ1) is 17.1. The Bertz CT molecular complexity index is 1110. The van der Waals surface area contributed by atoms with Crippen LogP contribution in [-0.4, -0.2) is 6.61 Å². The maximum Gasteiger partial charge on any atom is 0.201 e. The van der Waals surface area contributed by atoms with Crippen molar-refractivity contribution in [2.45, 2.75) is 64.7 Å². The van der Waals surface area contributed by atoms with Gasteiger partial charge < -0.3 is 4.74 Å². The van der Waals surface area contributed by atoms with Crippen molar-refractivity contribution in [1.82, 2.24) is 0 Å². The fourth-order valence-corrected chi connectivity index (χ4v) is 5.08. The zero-order valence-corrected chi connectivity index (χ0v) is 20.9. The molecule has 0 unspecified atom stereocenters. The third-order valence-corrected chi connectivity index (χ3v) is 7.25. The van der Waals surface area contributed by atoms with Crippen molar-refractivity contribution >= 4 is 0 Å². The summed E-state index contributed by atoms with van der Waals surface area (Å²) in [7, 11) is 0. The standard InChI is InChI=1S/C32H36F2O/c1-3-23-9-11-24(12-10-23)7-5-6-8-25-13-15-26(16-14-25)27-17-19-28(20-18-27)29-21-22-30(35-4-2)32(34)31(29)33/h6,8-12,17-22,25-26H,3-5,7,13-16H2,1-2H3/b8-6+. The van der Waals surface area contributed by atoms with Crippen molar-refractivity contribution in [2.24, 2.45) is 5.92 Å². The Labute approximate surface area is 208 Å². The zero-order valence-electron chi connectivity index (χ0n) is 20.9. The highest BCUT2D eigenvalue weighted by Crippen LogP contribution is 2.37. The minimum atomic E-state index is -0.922. The number of hydrogen-bond donors (Lipinski definition) is 0. The van der Waals surface area contributed by atoms with Gasteiger partial charge in [0, 0.05) is 5.56 Å². The fourth-order valence-electron chi connectivity index (χ4n) is 5.08. The van der Waals surface area contributed by atoms with E-state index in [2.05, 4.69) is 55.5 Å². The van der Waals surface area contributed by atoms with E-state index in [9.17, 15) is 8.78 Å². The van der Waals surface area contributed by atoms with E-state index in [0.29, 0.717) is 24.0 Å². The molecule has 0 amide bonds. The molecule has 0 saturated heterocycles. The summed E-state index contributed by atoms with van der Waals surface area (Å²) < 4.78 is 34.0. The molecule has 0 heterocycles. The average Bonchev–Trinajstić information content (AvgIpc) is 2.90. The molecule has 1 saturated carbocycles. The summed E-state index contributed by atoms with van der Waals surface area (Å²) in [6.07, 6.45) is 12.8. The van der Waals surface area contributed by atoms with Gasteiger partial charge in [-0.1, -0.05) is 67.6 Å². The predicted molar refractivity (Wildman–Crippen MR) is 141 cm³/mol. The number of aryl methyl sites for hydroxylation is 2. The summed E-state index contributed by atoms with van der Waals surface area (Å²) in [6, 6.07) is 20.0. The molecule has 4 rings (SSSR count). The molecule has 1 fully saturated rings. The first kappa shape index (κ1) is 25.2. The highest BCUT2D eigenvalue weighted by molar-refractivity contribution is 5.65. The lowest BCUT2D eigenvalue weighted by molar-refractivity contribution is 0.314. The van der Waals surface area contributed by atoms with Gasteiger partial charge in [0.15, 0.2) is 11.6 Å². The topological polar surface area (TPSA) is 9.23 Å². The Hall–Kier alpha value is -2.94. The van der Waals surface area contributed by atoms with Gasteiger partial charge in [-0.2, -0.15) is 4.39 Å². The smallest absolute Gasteiger partial charge is 0.201 e. The second kappa shape index (κ2) is 12.2. The maximum absolute atomic E-state index is 14.6. The average molecular weight is 475 g/mol. The van der Waals surface area contributed by atoms with Gasteiger partial charge in [-0.15, -0.1) is 0 Å². The SMILES string of the molecule is CCOc1ccc(-c2ccc(C3CCC(/C=C/CCc4ccc(CC)cc4)CC3)cc2)c(F)c1F. The lowest BCUT2D eigenvalue weighted by Crippen LogP contribution is -2.11. The van der Waals surface area contributed by atoms with E-state index in [1.54, 1.807) is 13.0 Å². The lowest BCUT2D eigenvalue weighted by Gasteiger charge is -2.27. The van der Waals surface area contributed by atoms with Crippen molar-refractivity contribution in [2.75, 3.05) is 6.61 Å². The van der Waals surface area contributed by atoms with Gasteiger partial charge in [0.1, 0.15) is 0 Å². The molecule has 184 valence electrons. The van der Waals surface area contributed by atoms with E-state index in [1.165, 1.54) is 48.4 Å². The van der Waals surface area contributed by atoms with Crippen LogP contribution in [0.25, 0.3) is 11.1 Å². The summed E-state index contributed by atoms with van der Waals surface area (Å²) in [6.45, 7) is 4.24. The molecule has 35 heavy (non-hydrogen) atoms. The molecule has 1 aliphatic rings. The quantitative estimate of drug-likeness (QED) is 0.281. The Morgan fingerprint density at radius 1 is 0.800 bits per heavy atom. The summed E-state index contributed by atoms with van der Waals surface area (Å²) in [4.78, 5) is 0. The fraction of sp³-hybridized carbons (Fsp3) is 0.375. The van der Waals surface area contributed by atoms with Crippen LogP contribution in [0.5, 0.6) is 5.75 Å². The minimum Gasteiger partial charge on any atom is -0.491 e. The van der Waals surface area contributed by atoms with Crippen LogP contribution in [0.15, 0.2) is 72.8 Å². The molecule has 1 nitrogen and oxygen atoms in total.